The number of rotatable bonds is 4. The minimum absolute atomic E-state index is 0.0314. The summed E-state index contributed by atoms with van der Waals surface area (Å²) < 4.78 is 12.9. The number of halogens is 1. The molecule has 1 aromatic carbocycles. The van der Waals surface area contributed by atoms with Crippen LogP contribution in [0.15, 0.2) is 48.7 Å². The predicted octanol–water partition coefficient (Wildman–Crippen LogP) is 4.74. The highest BCUT2D eigenvalue weighted by atomic mass is 32.1. The van der Waals surface area contributed by atoms with Gasteiger partial charge in [-0.05, 0) is 49.1 Å². The monoisotopic (exact) mass is 315 g/mol. The van der Waals surface area contributed by atoms with Gasteiger partial charge in [-0.2, -0.15) is 0 Å². The first-order valence-electron chi connectivity index (χ1n) is 7.55. The van der Waals surface area contributed by atoms with Crippen LogP contribution in [0.1, 0.15) is 28.9 Å². The van der Waals surface area contributed by atoms with Crippen molar-refractivity contribution in [2.75, 3.05) is 13.1 Å². The fourth-order valence-electron chi connectivity index (χ4n) is 2.56. The SMILES string of the molecule is O=C(C=CN1CCCCC1)c1ccc(-c2ccc(F)cc2)s1. The van der Waals surface area contributed by atoms with Gasteiger partial charge in [0.05, 0.1) is 4.88 Å². The number of carbonyl (C=O) groups excluding carboxylic acids is 1. The van der Waals surface area contributed by atoms with E-state index >= 15 is 0 Å². The lowest BCUT2D eigenvalue weighted by Gasteiger charge is -2.24. The van der Waals surface area contributed by atoms with Crippen LogP contribution in [0.5, 0.6) is 0 Å². The Morgan fingerprint density at radius 3 is 2.50 bits per heavy atom. The van der Waals surface area contributed by atoms with Crippen LogP contribution in [0.25, 0.3) is 10.4 Å². The summed E-state index contributed by atoms with van der Waals surface area (Å²) in [6, 6.07) is 10.1. The van der Waals surface area contributed by atoms with E-state index < -0.39 is 0 Å². The van der Waals surface area contributed by atoms with Crippen molar-refractivity contribution < 1.29 is 9.18 Å². The van der Waals surface area contributed by atoms with Crippen molar-refractivity contribution in [2.45, 2.75) is 19.3 Å². The zero-order valence-electron chi connectivity index (χ0n) is 12.3. The molecular weight excluding hydrogens is 297 g/mol. The number of likely N-dealkylation sites (tertiary alicyclic amines) is 1. The fraction of sp³-hybridized carbons (Fsp3) is 0.278. The Labute approximate surface area is 133 Å². The van der Waals surface area contributed by atoms with Crippen LogP contribution in [-0.2, 0) is 0 Å². The van der Waals surface area contributed by atoms with Crippen molar-refractivity contribution in [3.8, 4) is 10.4 Å². The first-order chi connectivity index (χ1) is 10.7. The van der Waals surface area contributed by atoms with Crippen LogP contribution < -0.4 is 0 Å². The van der Waals surface area contributed by atoms with Crippen molar-refractivity contribution in [1.82, 2.24) is 4.90 Å². The van der Waals surface area contributed by atoms with E-state index in [1.807, 2.05) is 18.3 Å². The average Bonchev–Trinajstić information content (AvgIpc) is 3.04. The number of hydrogen-bond donors (Lipinski definition) is 0. The van der Waals surface area contributed by atoms with Crippen molar-refractivity contribution in [2.24, 2.45) is 0 Å². The van der Waals surface area contributed by atoms with Crippen LogP contribution in [0.3, 0.4) is 0 Å². The number of allylic oxidation sites excluding steroid dienone is 1. The van der Waals surface area contributed by atoms with Crippen LogP contribution in [0.4, 0.5) is 4.39 Å². The molecule has 114 valence electrons. The molecule has 1 aliphatic rings. The van der Waals surface area contributed by atoms with Gasteiger partial charge in [0.2, 0.25) is 0 Å². The standard InChI is InChI=1S/C18H18FNOS/c19-15-6-4-14(5-7-15)17-8-9-18(22-17)16(21)10-13-20-11-2-1-3-12-20/h4-10,13H,1-3,11-12H2. The Bertz CT molecular complexity index is 669. The Morgan fingerprint density at radius 2 is 1.77 bits per heavy atom. The lowest BCUT2D eigenvalue weighted by atomic mass is 10.1. The summed E-state index contributed by atoms with van der Waals surface area (Å²) in [5, 5.41) is 0. The van der Waals surface area contributed by atoms with E-state index in [-0.39, 0.29) is 11.6 Å². The van der Waals surface area contributed by atoms with E-state index in [4.69, 9.17) is 0 Å². The second-order valence-corrected chi connectivity index (χ2v) is 6.53. The van der Waals surface area contributed by atoms with E-state index in [0.717, 1.165) is 23.5 Å². The quantitative estimate of drug-likeness (QED) is 0.600. The molecule has 0 N–H and O–H groups in total. The lowest BCUT2D eigenvalue weighted by Crippen LogP contribution is -2.24. The number of nitrogens with zero attached hydrogens (tertiary/aromatic N) is 1. The smallest absolute Gasteiger partial charge is 0.197 e. The molecule has 2 heterocycles. The summed E-state index contributed by atoms with van der Waals surface area (Å²) in [5.41, 5.74) is 0.936. The molecule has 0 atom stereocenters. The summed E-state index contributed by atoms with van der Waals surface area (Å²) >= 11 is 1.44. The zero-order chi connectivity index (χ0) is 15.4. The first kappa shape index (κ1) is 15.0. The van der Waals surface area contributed by atoms with E-state index in [9.17, 15) is 9.18 Å². The molecule has 0 bridgehead atoms. The van der Waals surface area contributed by atoms with Gasteiger partial charge < -0.3 is 4.90 Å². The minimum Gasteiger partial charge on any atom is -0.377 e. The Morgan fingerprint density at radius 1 is 1.05 bits per heavy atom. The molecule has 0 radical (unpaired) electrons. The molecule has 0 amide bonds. The molecule has 0 aliphatic carbocycles. The van der Waals surface area contributed by atoms with Crippen LogP contribution >= 0.6 is 11.3 Å². The van der Waals surface area contributed by atoms with E-state index in [2.05, 4.69) is 4.90 Å². The van der Waals surface area contributed by atoms with E-state index in [0.29, 0.717) is 4.88 Å². The molecule has 0 spiro atoms. The first-order valence-corrected chi connectivity index (χ1v) is 8.36. The van der Waals surface area contributed by atoms with Gasteiger partial charge in [-0.1, -0.05) is 12.1 Å². The number of thiophene rings is 1. The van der Waals surface area contributed by atoms with Crippen LogP contribution in [0, 0.1) is 5.82 Å². The number of hydrogen-bond acceptors (Lipinski definition) is 3. The van der Waals surface area contributed by atoms with Gasteiger partial charge in [-0.3, -0.25) is 4.79 Å². The molecule has 22 heavy (non-hydrogen) atoms. The summed E-state index contributed by atoms with van der Waals surface area (Å²) in [6.45, 7) is 2.07. The Kier molecular flexibility index (Phi) is 4.68. The van der Waals surface area contributed by atoms with Gasteiger partial charge in [0, 0.05) is 30.2 Å². The maximum absolute atomic E-state index is 12.9. The number of benzene rings is 1. The topological polar surface area (TPSA) is 20.3 Å². The van der Waals surface area contributed by atoms with Gasteiger partial charge in [0.1, 0.15) is 5.82 Å². The van der Waals surface area contributed by atoms with Crippen molar-refractivity contribution in [3.63, 3.8) is 0 Å². The molecule has 2 nitrogen and oxygen atoms in total. The lowest BCUT2D eigenvalue weighted by molar-refractivity contribution is 0.104. The van der Waals surface area contributed by atoms with Crippen LogP contribution in [0.2, 0.25) is 0 Å². The molecule has 0 saturated carbocycles. The van der Waals surface area contributed by atoms with E-state index in [1.165, 1.54) is 42.7 Å². The average molecular weight is 315 g/mol. The van der Waals surface area contributed by atoms with Crippen molar-refractivity contribution >= 4 is 17.1 Å². The van der Waals surface area contributed by atoms with E-state index in [1.54, 1.807) is 18.2 Å². The highest BCUT2D eigenvalue weighted by molar-refractivity contribution is 7.17. The second kappa shape index (κ2) is 6.88. The molecule has 4 heteroatoms. The molecule has 2 aromatic rings. The summed E-state index contributed by atoms with van der Waals surface area (Å²) in [5.74, 6) is -0.218. The minimum atomic E-state index is -0.249. The third-order valence-electron chi connectivity index (χ3n) is 3.80. The largest absolute Gasteiger partial charge is 0.377 e. The fourth-order valence-corrected chi connectivity index (χ4v) is 3.49. The van der Waals surface area contributed by atoms with Gasteiger partial charge in [0.15, 0.2) is 5.78 Å². The zero-order valence-corrected chi connectivity index (χ0v) is 13.1. The highest BCUT2D eigenvalue weighted by Crippen LogP contribution is 2.28. The Balaban J connectivity index is 1.68. The second-order valence-electron chi connectivity index (χ2n) is 5.45. The van der Waals surface area contributed by atoms with Gasteiger partial charge in [-0.15, -0.1) is 11.3 Å². The number of carbonyl (C=O) groups is 1. The number of ketones is 1. The van der Waals surface area contributed by atoms with Crippen LogP contribution in [-0.4, -0.2) is 23.8 Å². The molecule has 1 fully saturated rings. The molecule has 1 aromatic heterocycles. The summed E-state index contributed by atoms with van der Waals surface area (Å²) in [7, 11) is 0. The van der Waals surface area contributed by atoms with Gasteiger partial charge in [0.25, 0.3) is 0 Å². The highest BCUT2D eigenvalue weighted by Gasteiger charge is 2.10. The maximum atomic E-state index is 12.9. The normalized spacial score (nSPS) is 15.4. The van der Waals surface area contributed by atoms with Gasteiger partial charge >= 0.3 is 0 Å². The predicted molar refractivity (Wildman–Crippen MR) is 88.6 cm³/mol. The maximum Gasteiger partial charge on any atom is 0.197 e. The molecule has 1 saturated heterocycles. The van der Waals surface area contributed by atoms with Crippen molar-refractivity contribution in [1.29, 1.82) is 0 Å². The van der Waals surface area contributed by atoms with Gasteiger partial charge in [-0.25, -0.2) is 4.39 Å². The molecule has 3 rings (SSSR count). The molecular formula is C18H18FNOS. The molecule has 0 unspecified atom stereocenters. The summed E-state index contributed by atoms with van der Waals surface area (Å²) in [4.78, 5) is 16.1. The van der Waals surface area contributed by atoms with Crippen molar-refractivity contribution in [3.05, 3.63) is 59.4 Å². The third kappa shape index (κ3) is 3.63. The summed E-state index contributed by atoms with van der Waals surface area (Å²) in [6.07, 6.45) is 7.26. The molecule has 1 aliphatic heterocycles. The Hall–Kier alpha value is -1.94. The third-order valence-corrected chi connectivity index (χ3v) is 4.95. The number of piperidine rings is 1.